The molecule has 0 radical (unpaired) electrons. The molecule has 0 fully saturated rings. The van der Waals surface area contributed by atoms with Gasteiger partial charge in [0.2, 0.25) is 0 Å². The van der Waals surface area contributed by atoms with Crippen LogP contribution in [0.4, 0.5) is 0 Å². The number of nitrogens with one attached hydrogen (secondary N) is 2. The second-order valence-corrected chi connectivity index (χ2v) is 4.79. The summed E-state index contributed by atoms with van der Waals surface area (Å²) in [5.74, 6) is 0.922. The zero-order chi connectivity index (χ0) is 14.2. The van der Waals surface area contributed by atoms with Crippen molar-refractivity contribution in [3.05, 3.63) is 36.0 Å². The van der Waals surface area contributed by atoms with Gasteiger partial charge in [0.15, 0.2) is 0 Å². The van der Waals surface area contributed by atoms with Crippen LogP contribution in [0.1, 0.15) is 32.4 Å². The van der Waals surface area contributed by atoms with Crippen LogP contribution in [0.25, 0.3) is 11.3 Å². The molecule has 0 bridgehead atoms. The van der Waals surface area contributed by atoms with Crippen molar-refractivity contribution >= 4 is 0 Å². The minimum absolute atomic E-state index is 0.783. The van der Waals surface area contributed by atoms with Crippen molar-refractivity contribution in [1.29, 1.82) is 0 Å². The Bertz CT molecular complexity index is 505. The maximum absolute atomic E-state index is 5.66. The Morgan fingerprint density at radius 2 is 2.00 bits per heavy atom. The van der Waals surface area contributed by atoms with Gasteiger partial charge in [-0.1, -0.05) is 20.3 Å². The number of hydrogen-bond acceptors (Lipinski definition) is 3. The number of aromatic amines is 1. The van der Waals surface area contributed by atoms with Crippen LogP contribution in [-0.4, -0.2) is 23.3 Å². The van der Waals surface area contributed by atoms with E-state index in [-0.39, 0.29) is 0 Å². The Morgan fingerprint density at radius 1 is 1.20 bits per heavy atom. The highest BCUT2D eigenvalue weighted by Crippen LogP contribution is 2.21. The first-order valence-corrected chi connectivity index (χ1v) is 7.31. The van der Waals surface area contributed by atoms with E-state index < -0.39 is 0 Å². The molecule has 0 amide bonds. The maximum atomic E-state index is 5.66. The van der Waals surface area contributed by atoms with E-state index in [0.717, 1.165) is 55.2 Å². The van der Waals surface area contributed by atoms with Crippen LogP contribution in [0.5, 0.6) is 5.75 Å². The fourth-order valence-corrected chi connectivity index (χ4v) is 1.92. The molecule has 4 nitrogen and oxygen atoms in total. The van der Waals surface area contributed by atoms with Crippen LogP contribution in [0.15, 0.2) is 30.3 Å². The summed E-state index contributed by atoms with van der Waals surface area (Å²) >= 11 is 0. The zero-order valence-electron chi connectivity index (χ0n) is 12.3. The molecular weight excluding hydrogens is 250 g/mol. The van der Waals surface area contributed by atoms with Gasteiger partial charge in [-0.05, 0) is 43.3 Å². The molecule has 20 heavy (non-hydrogen) atoms. The largest absolute Gasteiger partial charge is 0.494 e. The zero-order valence-corrected chi connectivity index (χ0v) is 12.3. The van der Waals surface area contributed by atoms with Gasteiger partial charge in [-0.25, -0.2) is 0 Å². The van der Waals surface area contributed by atoms with Gasteiger partial charge in [-0.3, -0.25) is 5.10 Å². The summed E-state index contributed by atoms with van der Waals surface area (Å²) in [6.07, 6.45) is 2.24. The summed E-state index contributed by atoms with van der Waals surface area (Å²) in [6, 6.07) is 10.2. The summed E-state index contributed by atoms with van der Waals surface area (Å²) in [5.41, 5.74) is 3.18. The number of benzene rings is 1. The second-order valence-electron chi connectivity index (χ2n) is 4.79. The van der Waals surface area contributed by atoms with Crippen LogP contribution in [0.3, 0.4) is 0 Å². The number of H-pyrrole nitrogens is 1. The minimum atomic E-state index is 0.783. The minimum Gasteiger partial charge on any atom is -0.494 e. The van der Waals surface area contributed by atoms with Crippen LogP contribution in [-0.2, 0) is 6.54 Å². The lowest BCUT2D eigenvalue weighted by molar-refractivity contribution is 0.309. The normalized spacial score (nSPS) is 10.7. The average molecular weight is 273 g/mol. The highest BCUT2D eigenvalue weighted by molar-refractivity contribution is 5.60. The number of hydrogen-bond donors (Lipinski definition) is 2. The van der Waals surface area contributed by atoms with Gasteiger partial charge in [0.25, 0.3) is 0 Å². The summed E-state index contributed by atoms with van der Waals surface area (Å²) in [7, 11) is 0. The molecule has 2 rings (SSSR count). The standard InChI is InChI=1S/C16H23N3O/c1-3-5-10-20-15-8-6-13(7-9-15)16-11-14(18-19-16)12-17-4-2/h6-9,11,17H,3-5,10,12H2,1-2H3,(H,18,19). The molecule has 0 aliphatic rings. The van der Waals surface area contributed by atoms with Gasteiger partial charge >= 0.3 is 0 Å². The SMILES string of the molecule is CCCCOc1ccc(-c2cc(CNCC)[nH]n2)cc1. The fraction of sp³-hybridized carbons (Fsp3) is 0.438. The molecule has 0 aliphatic heterocycles. The van der Waals surface area contributed by atoms with E-state index in [0.29, 0.717) is 0 Å². The topological polar surface area (TPSA) is 49.9 Å². The summed E-state index contributed by atoms with van der Waals surface area (Å²) in [6.45, 7) is 6.81. The summed E-state index contributed by atoms with van der Waals surface area (Å²) in [4.78, 5) is 0. The van der Waals surface area contributed by atoms with Gasteiger partial charge in [0.05, 0.1) is 12.3 Å². The van der Waals surface area contributed by atoms with Crippen molar-refractivity contribution in [1.82, 2.24) is 15.5 Å². The molecule has 0 spiro atoms. The van der Waals surface area contributed by atoms with E-state index in [1.165, 1.54) is 0 Å². The van der Waals surface area contributed by atoms with Gasteiger partial charge in [0.1, 0.15) is 5.75 Å². The van der Waals surface area contributed by atoms with Crippen molar-refractivity contribution in [2.45, 2.75) is 33.2 Å². The number of aromatic nitrogens is 2. The Hall–Kier alpha value is -1.81. The first-order valence-electron chi connectivity index (χ1n) is 7.31. The molecule has 1 aromatic heterocycles. The van der Waals surface area contributed by atoms with E-state index in [4.69, 9.17) is 4.74 Å². The predicted molar refractivity (Wildman–Crippen MR) is 81.8 cm³/mol. The summed E-state index contributed by atoms with van der Waals surface area (Å²) in [5, 5.41) is 10.7. The molecular formula is C16H23N3O. The van der Waals surface area contributed by atoms with Crippen molar-refractivity contribution < 1.29 is 4.74 Å². The third kappa shape index (κ3) is 4.10. The molecule has 2 aromatic rings. The molecule has 1 aromatic carbocycles. The first-order chi connectivity index (χ1) is 9.83. The molecule has 0 saturated heterocycles. The number of ether oxygens (including phenoxy) is 1. The van der Waals surface area contributed by atoms with E-state index in [9.17, 15) is 0 Å². The van der Waals surface area contributed by atoms with Gasteiger partial charge in [-0.2, -0.15) is 5.10 Å². The van der Waals surface area contributed by atoms with Crippen molar-refractivity contribution in [2.75, 3.05) is 13.2 Å². The van der Waals surface area contributed by atoms with E-state index >= 15 is 0 Å². The number of nitrogens with zero attached hydrogens (tertiary/aromatic N) is 1. The summed E-state index contributed by atoms with van der Waals surface area (Å²) < 4.78 is 5.66. The Kier molecular flexibility index (Phi) is 5.62. The average Bonchev–Trinajstić information content (AvgIpc) is 2.95. The number of unbranched alkanes of at least 4 members (excludes halogenated alkanes) is 1. The highest BCUT2D eigenvalue weighted by atomic mass is 16.5. The predicted octanol–water partition coefficient (Wildman–Crippen LogP) is 3.37. The van der Waals surface area contributed by atoms with Gasteiger partial charge in [0, 0.05) is 17.8 Å². The fourth-order valence-electron chi connectivity index (χ4n) is 1.92. The Labute approximate surface area is 120 Å². The molecule has 0 unspecified atom stereocenters. The molecule has 0 atom stereocenters. The molecule has 108 valence electrons. The third-order valence-electron chi connectivity index (χ3n) is 3.11. The van der Waals surface area contributed by atoms with Crippen LogP contribution in [0, 0.1) is 0 Å². The smallest absolute Gasteiger partial charge is 0.119 e. The second kappa shape index (κ2) is 7.70. The van der Waals surface area contributed by atoms with E-state index in [1.807, 2.05) is 12.1 Å². The lowest BCUT2D eigenvalue weighted by atomic mass is 10.1. The highest BCUT2D eigenvalue weighted by Gasteiger charge is 2.04. The van der Waals surface area contributed by atoms with Crippen LogP contribution >= 0.6 is 0 Å². The van der Waals surface area contributed by atoms with E-state index in [2.05, 4.69) is 47.6 Å². The van der Waals surface area contributed by atoms with Crippen molar-refractivity contribution in [3.8, 4) is 17.0 Å². The van der Waals surface area contributed by atoms with Crippen molar-refractivity contribution in [2.24, 2.45) is 0 Å². The third-order valence-corrected chi connectivity index (χ3v) is 3.11. The molecule has 0 saturated carbocycles. The molecule has 1 heterocycles. The first kappa shape index (κ1) is 14.6. The van der Waals surface area contributed by atoms with E-state index in [1.54, 1.807) is 0 Å². The van der Waals surface area contributed by atoms with Crippen LogP contribution in [0.2, 0.25) is 0 Å². The van der Waals surface area contributed by atoms with Gasteiger partial charge in [-0.15, -0.1) is 0 Å². The lowest BCUT2D eigenvalue weighted by Crippen LogP contribution is -2.11. The van der Waals surface area contributed by atoms with Crippen LogP contribution < -0.4 is 10.1 Å². The molecule has 0 aliphatic carbocycles. The molecule has 2 N–H and O–H groups in total. The quantitative estimate of drug-likeness (QED) is 0.725. The Morgan fingerprint density at radius 3 is 2.70 bits per heavy atom. The lowest BCUT2D eigenvalue weighted by Gasteiger charge is -2.05. The van der Waals surface area contributed by atoms with Crippen molar-refractivity contribution in [3.63, 3.8) is 0 Å². The number of rotatable bonds is 8. The monoisotopic (exact) mass is 273 g/mol. The maximum Gasteiger partial charge on any atom is 0.119 e. The van der Waals surface area contributed by atoms with Gasteiger partial charge < -0.3 is 10.1 Å². The Balaban J connectivity index is 1.96. The molecule has 4 heteroatoms.